The van der Waals surface area contributed by atoms with Crippen molar-refractivity contribution < 1.29 is 13.4 Å². The van der Waals surface area contributed by atoms with Gasteiger partial charge in [-0.15, -0.1) is 0 Å². The highest BCUT2D eigenvalue weighted by Gasteiger charge is 2.31. The first-order chi connectivity index (χ1) is 6.25. The van der Waals surface area contributed by atoms with Crippen LogP contribution in [0.1, 0.15) is 20.8 Å². The molecule has 1 aromatic heterocycles. The molecule has 14 heavy (non-hydrogen) atoms. The predicted molar refractivity (Wildman–Crippen MR) is 54.3 cm³/mol. The molecule has 0 aliphatic rings. The highest BCUT2D eigenvalue weighted by molar-refractivity contribution is 7.92. The molecule has 1 rings (SSSR count). The molecule has 0 aliphatic carbocycles. The zero-order valence-corrected chi connectivity index (χ0v) is 9.35. The molecule has 0 radical (unpaired) electrons. The highest BCUT2D eigenvalue weighted by atomic mass is 32.2. The van der Waals surface area contributed by atoms with Crippen LogP contribution in [0.2, 0.25) is 0 Å². The zero-order chi connectivity index (χ0) is 11.0. The number of rotatable bonds is 1. The summed E-state index contributed by atoms with van der Waals surface area (Å²) in [6.45, 7) is 5.00. The van der Waals surface area contributed by atoms with Gasteiger partial charge in [-0.1, -0.05) is 0 Å². The van der Waals surface area contributed by atoms with Crippen LogP contribution in [0, 0.1) is 0 Å². The number of H-pyrrole nitrogens is 1. The van der Waals surface area contributed by atoms with Crippen molar-refractivity contribution in [3.63, 3.8) is 0 Å². The van der Waals surface area contributed by atoms with Crippen LogP contribution in [0.25, 0.3) is 0 Å². The third-order valence-electron chi connectivity index (χ3n) is 1.92. The van der Waals surface area contributed by atoms with Gasteiger partial charge in [-0.05, 0) is 26.8 Å². The SMILES string of the molecule is CC(C)(C)S(=O)(=O)c1ccc(N)[nH+]c1. The van der Waals surface area contributed by atoms with E-state index < -0.39 is 14.6 Å². The lowest BCUT2D eigenvalue weighted by Crippen LogP contribution is -2.29. The molecule has 0 aromatic carbocycles. The number of hydrogen-bond acceptors (Lipinski definition) is 3. The van der Waals surface area contributed by atoms with E-state index in [9.17, 15) is 8.42 Å². The molecule has 0 bridgehead atoms. The number of nitrogens with one attached hydrogen (secondary N) is 1. The summed E-state index contributed by atoms with van der Waals surface area (Å²) in [5.74, 6) is 0.442. The fourth-order valence-corrected chi connectivity index (χ4v) is 2.11. The van der Waals surface area contributed by atoms with Gasteiger partial charge in [-0.2, -0.15) is 0 Å². The summed E-state index contributed by atoms with van der Waals surface area (Å²) in [6, 6.07) is 3.05. The van der Waals surface area contributed by atoms with Crippen LogP contribution in [0.5, 0.6) is 0 Å². The minimum atomic E-state index is -3.28. The van der Waals surface area contributed by atoms with Gasteiger partial charge in [0.15, 0.2) is 9.84 Å². The number of nitrogen functional groups attached to an aromatic ring is 1. The molecular weight excluding hydrogens is 200 g/mol. The lowest BCUT2D eigenvalue weighted by atomic mass is 10.3. The molecule has 0 aliphatic heterocycles. The van der Waals surface area contributed by atoms with Crippen molar-refractivity contribution in [2.24, 2.45) is 0 Å². The fraction of sp³-hybridized carbons (Fsp3) is 0.444. The van der Waals surface area contributed by atoms with Crippen LogP contribution in [-0.4, -0.2) is 13.2 Å². The minimum Gasteiger partial charge on any atom is -0.287 e. The van der Waals surface area contributed by atoms with Crippen LogP contribution in [0.3, 0.4) is 0 Å². The van der Waals surface area contributed by atoms with Gasteiger partial charge in [0.25, 0.3) is 5.82 Å². The molecule has 78 valence electrons. The van der Waals surface area contributed by atoms with Crippen molar-refractivity contribution in [1.82, 2.24) is 0 Å². The van der Waals surface area contributed by atoms with Crippen molar-refractivity contribution in [2.75, 3.05) is 5.73 Å². The summed E-state index contributed by atoms with van der Waals surface area (Å²) >= 11 is 0. The molecule has 5 heteroatoms. The standard InChI is InChI=1S/C9H14N2O2S/c1-9(2,3)14(12,13)7-4-5-8(10)11-6-7/h4-6H,1-3H3,(H2,10,11)/p+1. The number of hydrogen-bond donors (Lipinski definition) is 1. The number of nitrogens with two attached hydrogens (primary N) is 1. The van der Waals surface area contributed by atoms with Crippen molar-refractivity contribution in [3.8, 4) is 0 Å². The second kappa shape index (κ2) is 3.24. The predicted octanol–water partition coefficient (Wildman–Crippen LogP) is 0.655. The quantitative estimate of drug-likeness (QED) is 0.747. The molecule has 0 saturated heterocycles. The molecule has 0 spiro atoms. The van der Waals surface area contributed by atoms with Crippen molar-refractivity contribution in [2.45, 2.75) is 30.4 Å². The van der Waals surface area contributed by atoms with E-state index in [2.05, 4.69) is 4.98 Å². The lowest BCUT2D eigenvalue weighted by molar-refractivity contribution is -0.363. The fourth-order valence-electron chi connectivity index (χ4n) is 0.943. The maximum Gasteiger partial charge on any atom is 0.270 e. The second-order valence-electron chi connectivity index (χ2n) is 4.10. The Morgan fingerprint density at radius 3 is 2.21 bits per heavy atom. The van der Waals surface area contributed by atoms with E-state index in [1.807, 2.05) is 0 Å². The average Bonchev–Trinajstić information content (AvgIpc) is 2.03. The summed E-state index contributed by atoms with van der Waals surface area (Å²) < 4.78 is 23.0. The Labute approximate surface area is 84.1 Å². The number of aromatic nitrogens is 1. The average molecular weight is 215 g/mol. The van der Waals surface area contributed by atoms with Crippen LogP contribution in [0.15, 0.2) is 23.2 Å². The van der Waals surface area contributed by atoms with Gasteiger partial charge in [-0.25, -0.2) is 13.4 Å². The summed E-state index contributed by atoms with van der Waals surface area (Å²) in [5.41, 5.74) is 5.43. The maximum absolute atomic E-state index is 11.9. The Morgan fingerprint density at radius 2 is 1.86 bits per heavy atom. The molecule has 0 fully saturated rings. The van der Waals surface area contributed by atoms with E-state index in [1.54, 1.807) is 26.8 Å². The number of sulfone groups is 1. The van der Waals surface area contributed by atoms with Gasteiger partial charge in [0.2, 0.25) is 0 Å². The third-order valence-corrected chi connectivity index (χ3v) is 4.41. The van der Waals surface area contributed by atoms with Gasteiger partial charge in [-0.3, -0.25) is 5.73 Å². The van der Waals surface area contributed by atoms with Crippen molar-refractivity contribution in [3.05, 3.63) is 18.3 Å². The Balaban J connectivity index is 3.25. The number of anilines is 1. The molecule has 4 nitrogen and oxygen atoms in total. The molecule has 1 heterocycles. The summed E-state index contributed by atoms with van der Waals surface area (Å²) in [6.07, 6.45) is 1.41. The number of aromatic amines is 1. The first-order valence-corrected chi connectivity index (χ1v) is 5.75. The Bertz CT molecular complexity index is 415. The van der Waals surface area contributed by atoms with Crippen LogP contribution in [0.4, 0.5) is 5.82 Å². The maximum atomic E-state index is 11.9. The van der Waals surface area contributed by atoms with E-state index in [4.69, 9.17) is 5.73 Å². The van der Waals surface area contributed by atoms with Crippen LogP contribution < -0.4 is 10.7 Å². The Morgan fingerprint density at radius 1 is 1.29 bits per heavy atom. The monoisotopic (exact) mass is 215 g/mol. The highest BCUT2D eigenvalue weighted by Crippen LogP contribution is 2.23. The molecule has 0 atom stereocenters. The minimum absolute atomic E-state index is 0.263. The summed E-state index contributed by atoms with van der Waals surface area (Å²) in [5, 5.41) is 0. The molecule has 0 saturated carbocycles. The van der Waals surface area contributed by atoms with Gasteiger partial charge < -0.3 is 0 Å². The van der Waals surface area contributed by atoms with Gasteiger partial charge >= 0.3 is 0 Å². The van der Waals surface area contributed by atoms with Crippen molar-refractivity contribution in [1.29, 1.82) is 0 Å². The first kappa shape index (κ1) is 11.0. The normalized spacial score (nSPS) is 12.8. The Kier molecular flexibility index (Phi) is 2.54. The van der Waals surface area contributed by atoms with E-state index in [0.29, 0.717) is 5.82 Å². The van der Waals surface area contributed by atoms with E-state index in [1.165, 1.54) is 12.3 Å². The molecule has 0 amide bonds. The molecule has 3 N–H and O–H groups in total. The van der Waals surface area contributed by atoms with Crippen LogP contribution >= 0.6 is 0 Å². The first-order valence-electron chi connectivity index (χ1n) is 4.27. The van der Waals surface area contributed by atoms with E-state index >= 15 is 0 Å². The van der Waals surface area contributed by atoms with Gasteiger partial charge in [0.05, 0.1) is 4.75 Å². The largest absolute Gasteiger partial charge is 0.287 e. The number of pyridine rings is 1. The molecular formula is C9H15N2O2S+. The van der Waals surface area contributed by atoms with Gasteiger partial charge in [0, 0.05) is 6.07 Å². The van der Waals surface area contributed by atoms with E-state index in [0.717, 1.165) is 0 Å². The summed E-state index contributed by atoms with van der Waals surface area (Å²) in [4.78, 5) is 2.94. The van der Waals surface area contributed by atoms with Crippen molar-refractivity contribution >= 4 is 15.7 Å². The third kappa shape index (κ3) is 1.87. The van der Waals surface area contributed by atoms with Crippen LogP contribution in [-0.2, 0) is 9.84 Å². The van der Waals surface area contributed by atoms with Gasteiger partial charge in [0.1, 0.15) is 11.1 Å². The molecule has 1 aromatic rings. The summed E-state index contributed by atoms with van der Waals surface area (Å²) in [7, 11) is -3.28. The molecule has 0 unspecified atom stereocenters. The zero-order valence-electron chi connectivity index (χ0n) is 8.53. The second-order valence-corrected chi connectivity index (χ2v) is 6.80. The topological polar surface area (TPSA) is 74.3 Å². The lowest BCUT2D eigenvalue weighted by Gasteiger charge is -2.18. The van der Waals surface area contributed by atoms with E-state index in [-0.39, 0.29) is 4.90 Å². The Hall–Kier alpha value is -1.10. The smallest absolute Gasteiger partial charge is 0.270 e.